The first-order valence-corrected chi connectivity index (χ1v) is 12.0. The van der Waals surface area contributed by atoms with Gasteiger partial charge in [0.1, 0.15) is 10.3 Å². The minimum Gasteiger partial charge on any atom is -0.303 e. The van der Waals surface area contributed by atoms with Crippen molar-refractivity contribution in [1.29, 1.82) is 0 Å². The Balaban J connectivity index is 1.53. The van der Waals surface area contributed by atoms with Crippen LogP contribution in [0.3, 0.4) is 0 Å². The van der Waals surface area contributed by atoms with Crippen molar-refractivity contribution in [3.05, 3.63) is 109 Å². The minimum absolute atomic E-state index is 0.0523. The van der Waals surface area contributed by atoms with Gasteiger partial charge >= 0.3 is 0 Å². The van der Waals surface area contributed by atoms with E-state index in [0.29, 0.717) is 27.6 Å². The smallest absolute Gasteiger partial charge is 0.291 e. The number of carbonyl (C=O) groups is 1. The Morgan fingerprint density at radius 1 is 0.971 bits per heavy atom. The van der Waals surface area contributed by atoms with Gasteiger partial charge in [0.05, 0.1) is 17.8 Å². The molecule has 0 atom stereocenters. The summed E-state index contributed by atoms with van der Waals surface area (Å²) < 4.78 is 16.6. The van der Waals surface area contributed by atoms with Crippen molar-refractivity contribution >= 4 is 49.4 Å². The van der Waals surface area contributed by atoms with Gasteiger partial charge in [-0.05, 0) is 24.3 Å². The van der Waals surface area contributed by atoms with Gasteiger partial charge in [0.15, 0.2) is 5.82 Å². The fourth-order valence-electron chi connectivity index (χ4n) is 4.07. The van der Waals surface area contributed by atoms with Crippen molar-refractivity contribution in [3.63, 3.8) is 0 Å². The lowest BCUT2D eigenvalue weighted by molar-refractivity contribution is -0.113. The number of aromatic nitrogens is 3. The average Bonchev–Trinajstić information content (AvgIpc) is 3.47. The van der Waals surface area contributed by atoms with Gasteiger partial charge in [-0.2, -0.15) is 9.50 Å². The highest BCUT2D eigenvalue weighted by atomic mass is 79.9. The molecule has 3 heterocycles. The molecule has 0 unspecified atom stereocenters. The Kier molecular flexibility index (Phi) is 4.89. The molecule has 1 amide bonds. The van der Waals surface area contributed by atoms with Crippen molar-refractivity contribution < 1.29 is 9.18 Å². The van der Waals surface area contributed by atoms with E-state index in [2.05, 4.69) is 26.0 Å². The van der Waals surface area contributed by atoms with Gasteiger partial charge in [0.2, 0.25) is 4.96 Å². The van der Waals surface area contributed by atoms with E-state index in [-0.39, 0.29) is 28.4 Å². The van der Waals surface area contributed by atoms with Crippen molar-refractivity contribution in [2.45, 2.75) is 6.54 Å². The Hall–Kier alpha value is -3.69. The lowest BCUT2D eigenvalue weighted by atomic mass is 10.1. The SMILES string of the molecule is O=C1/C(=c2\sc3nc(-c4ccccc4)nn3c2=O)c2cc(Br)ccc2N1Cc1ccccc1F. The number of halogens is 2. The summed E-state index contributed by atoms with van der Waals surface area (Å²) in [6.07, 6.45) is 0. The van der Waals surface area contributed by atoms with Gasteiger partial charge in [-0.15, -0.1) is 5.10 Å². The van der Waals surface area contributed by atoms with E-state index >= 15 is 0 Å². The third-order valence-electron chi connectivity index (χ3n) is 5.68. The number of nitrogens with zero attached hydrogens (tertiary/aromatic N) is 4. The first-order chi connectivity index (χ1) is 16.5. The number of amides is 1. The number of anilines is 1. The molecular formula is C25H14BrFN4O2S. The van der Waals surface area contributed by atoms with Crippen LogP contribution < -0.4 is 15.0 Å². The molecule has 0 saturated carbocycles. The number of hydrogen-bond acceptors (Lipinski definition) is 5. The number of hydrogen-bond donors (Lipinski definition) is 0. The highest BCUT2D eigenvalue weighted by Crippen LogP contribution is 2.38. The van der Waals surface area contributed by atoms with Gasteiger partial charge in [-0.25, -0.2) is 4.39 Å². The van der Waals surface area contributed by atoms with E-state index in [1.165, 1.54) is 15.5 Å². The summed E-state index contributed by atoms with van der Waals surface area (Å²) in [4.78, 5) is 33.3. The fraction of sp³-hybridized carbons (Fsp3) is 0.0400. The first-order valence-electron chi connectivity index (χ1n) is 10.4. The zero-order valence-corrected chi connectivity index (χ0v) is 19.8. The summed E-state index contributed by atoms with van der Waals surface area (Å²) in [5.41, 5.74) is 2.29. The van der Waals surface area contributed by atoms with Gasteiger partial charge < -0.3 is 4.90 Å². The van der Waals surface area contributed by atoms with Gasteiger partial charge in [-0.1, -0.05) is 75.8 Å². The van der Waals surface area contributed by atoms with Crippen LogP contribution in [0.2, 0.25) is 0 Å². The molecular weight excluding hydrogens is 519 g/mol. The third kappa shape index (κ3) is 3.27. The molecule has 34 heavy (non-hydrogen) atoms. The number of benzene rings is 3. The van der Waals surface area contributed by atoms with Crippen LogP contribution in [-0.4, -0.2) is 20.5 Å². The second kappa shape index (κ2) is 7.96. The van der Waals surface area contributed by atoms with Crippen molar-refractivity contribution in [2.75, 3.05) is 4.90 Å². The van der Waals surface area contributed by atoms with Crippen LogP contribution in [0.5, 0.6) is 0 Å². The highest BCUT2D eigenvalue weighted by Gasteiger charge is 2.35. The van der Waals surface area contributed by atoms with Crippen LogP contribution >= 0.6 is 27.3 Å². The predicted octanol–water partition coefficient (Wildman–Crippen LogP) is 4.18. The van der Waals surface area contributed by atoms with Crippen LogP contribution in [0.1, 0.15) is 11.1 Å². The maximum atomic E-state index is 14.4. The summed E-state index contributed by atoms with van der Waals surface area (Å²) in [7, 11) is 0. The Morgan fingerprint density at radius 3 is 2.50 bits per heavy atom. The molecule has 0 bridgehead atoms. The van der Waals surface area contributed by atoms with E-state index in [4.69, 9.17) is 0 Å². The molecule has 5 aromatic rings. The highest BCUT2D eigenvalue weighted by molar-refractivity contribution is 9.10. The molecule has 1 aliphatic heterocycles. The summed E-state index contributed by atoms with van der Waals surface area (Å²) >= 11 is 4.58. The molecule has 0 radical (unpaired) electrons. The largest absolute Gasteiger partial charge is 0.303 e. The van der Waals surface area contributed by atoms with Crippen molar-refractivity contribution in [1.82, 2.24) is 14.6 Å². The molecule has 0 spiro atoms. The maximum Gasteiger partial charge on any atom is 0.291 e. The number of thiazole rings is 1. The van der Waals surface area contributed by atoms with E-state index in [1.54, 1.807) is 30.3 Å². The summed E-state index contributed by atoms with van der Waals surface area (Å²) in [6, 6.07) is 21.1. The first kappa shape index (κ1) is 20.9. The molecule has 6 nitrogen and oxygen atoms in total. The molecule has 9 heteroatoms. The Bertz CT molecular complexity index is 1710. The zero-order chi connectivity index (χ0) is 23.4. The maximum absolute atomic E-state index is 14.4. The van der Waals surface area contributed by atoms with E-state index in [0.717, 1.165) is 21.4 Å². The third-order valence-corrected chi connectivity index (χ3v) is 7.20. The molecule has 0 N–H and O–H groups in total. The number of rotatable bonds is 3. The van der Waals surface area contributed by atoms with Crippen molar-refractivity contribution in [2.24, 2.45) is 0 Å². The molecule has 2 aromatic heterocycles. The molecule has 0 saturated heterocycles. The van der Waals surface area contributed by atoms with E-state index < -0.39 is 5.56 Å². The fourth-order valence-corrected chi connectivity index (χ4v) is 5.43. The molecule has 1 aliphatic rings. The van der Waals surface area contributed by atoms with Gasteiger partial charge in [0.25, 0.3) is 11.5 Å². The Morgan fingerprint density at radius 2 is 1.74 bits per heavy atom. The predicted molar refractivity (Wildman–Crippen MR) is 132 cm³/mol. The summed E-state index contributed by atoms with van der Waals surface area (Å²) in [5.74, 6) is -0.303. The van der Waals surface area contributed by atoms with E-state index in [1.807, 2.05) is 36.4 Å². The van der Waals surface area contributed by atoms with Crippen LogP contribution in [-0.2, 0) is 11.3 Å². The lowest BCUT2D eigenvalue weighted by Crippen LogP contribution is -2.32. The number of fused-ring (bicyclic) bond motifs is 2. The van der Waals surface area contributed by atoms with Crippen LogP contribution in [0.4, 0.5) is 10.1 Å². The van der Waals surface area contributed by atoms with Crippen LogP contribution in [0, 0.1) is 5.82 Å². The molecule has 6 rings (SSSR count). The molecule has 0 aliphatic carbocycles. The normalized spacial score (nSPS) is 14.8. The van der Waals surface area contributed by atoms with Crippen LogP contribution in [0.15, 0.2) is 82.1 Å². The number of carbonyl (C=O) groups excluding carboxylic acids is 1. The van der Waals surface area contributed by atoms with E-state index in [9.17, 15) is 14.0 Å². The second-order valence-corrected chi connectivity index (χ2v) is 9.64. The van der Waals surface area contributed by atoms with Crippen LogP contribution in [0.25, 0.3) is 21.9 Å². The molecule has 3 aromatic carbocycles. The molecule has 0 fully saturated rings. The monoisotopic (exact) mass is 532 g/mol. The lowest BCUT2D eigenvalue weighted by Gasteiger charge is -2.17. The standard InChI is InChI=1S/C25H14BrFN4O2S/c26-16-10-11-19-17(12-16)20(23(32)30(19)13-15-8-4-5-9-18(15)27)21-24(33)31-25(34-21)28-22(29-31)14-6-2-1-3-7-14/h1-12H,13H2/b21-20-. The van der Waals surface area contributed by atoms with Gasteiger partial charge in [0, 0.05) is 21.2 Å². The quantitative estimate of drug-likeness (QED) is 0.349. The average molecular weight is 533 g/mol. The summed E-state index contributed by atoms with van der Waals surface area (Å²) in [5, 5.41) is 4.38. The molecule has 166 valence electrons. The zero-order valence-electron chi connectivity index (χ0n) is 17.4. The van der Waals surface area contributed by atoms with Crippen molar-refractivity contribution in [3.8, 4) is 11.4 Å². The topological polar surface area (TPSA) is 67.6 Å². The Labute approximate surface area is 204 Å². The van der Waals surface area contributed by atoms with Gasteiger partial charge in [-0.3, -0.25) is 9.59 Å². The summed E-state index contributed by atoms with van der Waals surface area (Å²) in [6.45, 7) is 0.0523. The second-order valence-electron chi connectivity index (χ2n) is 7.75. The minimum atomic E-state index is -0.406.